The molecule has 5 rings (SSSR count). The number of aromatic nitrogens is 4. The maximum absolute atomic E-state index is 12.9. The zero-order valence-electron chi connectivity index (χ0n) is 17.6. The number of pyridine rings is 2. The molecule has 4 heterocycles. The van der Waals surface area contributed by atoms with Gasteiger partial charge in [-0.25, -0.2) is 4.98 Å². The normalized spacial score (nSPS) is 14.1. The number of carbonyl (C=O) groups excluding carboxylic acids is 1. The number of fused-ring (bicyclic) bond motifs is 1. The highest BCUT2D eigenvalue weighted by molar-refractivity contribution is 5.98. The van der Waals surface area contributed by atoms with Crippen molar-refractivity contribution in [2.45, 2.75) is 12.5 Å². The molecule has 156 valence electrons. The fourth-order valence-electron chi connectivity index (χ4n) is 3.91. The van der Waals surface area contributed by atoms with Crippen molar-refractivity contribution < 1.29 is 4.79 Å². The van der Waals surface area contributed by atoms with E-state index in [-0.39, 0.29) is 12.2 Å². The molecule has 1 aliphatic rings. The number of hydrogen-bond acceptors (Lipinski definition) is 6. The first-order valence-corrected chi connectivity index (χ1v) is 10.4. The molecule has 0 unspecified atom stereocenters. The lowest BCUT2D eigenvalue weighted by atomic mass is 10.0. The Morgan fingerprint density at radius 2 is 1.94 bits per heavy atom. The second-order valence-corrected chi connectivity index (χ2v) is 8.03. The van der Waals surface area contributed by atoms with Crippen LogP contribution in [0.15, 0.2) is 61.2 Å². The maximum atomic E-state index is 12.9. The zero-order valence-corrected chi connectivity index (χ0v) is 17.6. The van der Waals surface area contributed by atoms with Gasteiger partial charge in [0.2, 0.25) is 0 Å². The molecule has 1 aliphatic heterocycles. The summed E-state index contributed by atoms with van der Waals surface area (Å²) >= 11 is 0. The molecule has 0 atom stereocenters. The van der Waals surface area contributed by atoms with Crippen molar-refractivity contribution in [3.8, 4) is 11.1 Å². The summed E-state index contributed by atoms with van der Waals surface area (Å²) < 4.78 is 1.79. The van der Waals surface area contributed by atoms with Gasteiger partial charge in [0.15, 0.2) is 5.78 Å². The summed E-state index contributed by atoms with van der Waals surface area (Å²) in [5.41, 5.74) is 3.59. The molecule has 0 spiro atoms. The number of hydrogen-bond donors (Lipinski definition) is 1. The van der Waals surface area contributed by atoms with E-state index in [2.05, 4.69) is 43.5 Å². The zero-order chi connectivity index (χ0) is 21.4. The number of Topliss-reactive ketones (excluding diaryl/α,β-unsaturated/α-hetero) is 1. The van der Waals surface area contributed by atoms with Gasteiger partial charge < -0.3 is 10.2 Å². The van der Waals surface area contributed by atoms with Gasteiger partial charge in [0.1, 0.15) is 5.82 Å². The lowest BCUT2D eigenvalue weighted by Gasteiger charge is -2.40. The number of aryl methyl sites for hydroxylation is 1. The second kappa shape index (κ2) is 7.92. The molecule has 1 aromatic carbocycles. The third kappa shape index (κ3) is 3.92. The van der Waals surface area contributed by atoms with E-state index >= 15 is 0 Å². The first kappa shape index (κ1) is 19.4. The van der Waals surface area contributed by atoms with Crippen LogP contribution in [0.3, 0.4) is 0 Å². The molecule has 7 nitrogen and oxygen atoms in total. The molecule has 31 heavy (non-hydrogen) atoms. The van der Waals surface area contributed by atoms with Gasteiger partial charge >= 0.3 is 0 Å². The molecule has 0 aliphatic carbocycles. The van der Waals surface area contributed by atoms with Crippen LogP contribution in [-0.2, 0) is 13.5 Å². The minimum atomic E-state index is 0.0459. The van der Waals surface area contributed by atoms with Gasteiger partial charge in [-0.3, -0.25) is 14.5 Å². The lowest BCUT2D eigenvalue weighted by molar-refractivity contribution is 0.0992. The molecular weight excluding hydrogens is 388 g/mol. The SMILES string of the molecule is CNC1CN(c2cc(C(=O)Cc3cc4cc(-c5cnn(C)c5)ccc4cn3)ccn2)C1. The number of nitrogens with one attached hydrogen (secondary N) is 1. The molecule has 3 aromatic heterocycles. The second-order valence-electron chi connectivity index (χ2n) is 8.03. The lowest BCUT2D eigenvalue weighted by Crippen LogP contribution is -2.57. The standard InChI is InChI=1S/C24H24N6O/c1-25-22-14-30(15-22)24-9-17(5-6-26-24)23(31)10-21-8-19-7-16(3-4-18(19)11-27-21)20-12-28-29(2)13-20/h3-9,11-13,22,25H,10,14-15H2,1-2H3. The largest absolute Gasteiger partial charge is 0.353 e. The Balaban J connectivity index is 1.35. The van der Waals surface area contributed by atoms with Crippen molar-refractivity contribution in [1.82, 2.24) is 25.1 Å². The Morgan fingerprint density at radius 1 is 1.06 bits per heavy atom. The minimum absolute atomic E-state index is 0.0459. The number of likely N-dealkylation sites (N-methyl/N-ethyl adjacent to an activating group) is 1. The smallest absolute Gasteiger partial charge is 0.169 e. The molecule has 1 N–H and O–H groups in total. The van der Waals surface area contributed by atoms with Gasteiger partial charge in [0.05, 0.1) is 12.6 Å². The van der Waals surface area contributed by atoms with E-state index in [9.17, 15) is 4.79 Å². The summed E-state index contributed by atoms with van der Waals surface area (Å²) in [6.07, 6.45) is 7.65. The van der Waals surface area contributed by atoms with Crippen LogP contribution in [0.2, 0.25) is 0 Å². The Labute approximate surface area is 180 Å². The highest BCUT2D eigenvalue weighted by Crippen LogP contribution is 2.25. The molecule has 0 radical (unpaired) electrons. The molecule has 0 amide bonds. The van der Waals surface area contributed by atoms with Crippen molar-refractivity contribution >= 4 is 22.4 Å². The first-order chi connectivity index (χ1) is 15.1. The molecular formula is C24H24N6O. The minimum Gasteiger partial charge on any atom is -0.353 e. The van der Waals surface area contributed by atoms with Gasteiger partial charge in [0, 0.05) is 67.0 Å². The number of nitrogens with zero attached hydrogens (tertiary/aromatic N) is 5. The van der Waals surface area contributed by atoms with E-state index < -0.39 is 0 Å². The summed E-state index contributed by atoms with van der Waals surface area (Å²) in [4.78, 5) is 24.0. The molecule has 7 heteroatoms. The van der Waals surface area contributed by atoms with Crippen molar-refractivity contribution in [2.75, 3.05) is 25.0 Å². The van der Waals surface area contributed by atoms with Crippen LogP contribution >= 0.6 is 0 Å². The topological polar surface area (TPSA) is 75.9 Å². The van der Waals surface area contributed by atoms with E-state index in [0.717, 1.165) is 46.5 Å². The van der Waals surface area contributed by atoms with Crippen LogP contribution in [0.4, 0.5) is 5.82 Å². The summed E-state index contributed by atoms with van der Waals surface area (Å²) in [6.45, 7) is 1.82. The van der Waals surface area contributed by atoms with E-state index in [1.165, 1.54) is 0 Å². The van der Waals surface area contributed by atoms with Crippen molar-refractivity contribution in [2.24, 2.45) is 7.05 Å². The van der Waals surface area contributed by atoms with Crippen LogP contribution in [0.1, 0.15) is 16.1 Å². The van der Waals surface area contributed by atoms with Crippen molar-refractivity contribution in [3.63, 3.8) is 0 Å². The van der Waals surface area contributed by atoms with Gasteiger partial charge in [-0.15, -0.1) is 0 Å². The van der Waals surface area contributed by atoms with Crippen LogP contribution in [0.25, 0.3) is 21.9 Å². The third-order valence-corrected chi connectivity index (χ3v) is 5.84. The average molecular weight is 412 g/mol. The van der Waals surface area contributed by atoms with E-state index in [4.69, 9.17) is 0 Å². The highest BCUT2D eigenvalue weighted by Gasteiger charge is 2.26. The monoisotopic (exact) mass is 412 g/mol. The number of benzene rings is 1. The van der Waals surface area contributed by atoms with Gasteiger partial charge in [-0.05, 0) is 42.3 Å². The van der Waals surface area contributed by atoms with Crippen LogP contribution in [0, 0.1) is 0 Å². The Hall–Kier alpha value is -3.58. The Bertz CT molecular complexity index is 1260. The predicted molar refractivity (Wildman–Crippen MR) is 121 cm³/mol. The molecule has 4 aromatic rings. The number of rotatable bonds is 6. The third-order valence-electron chi connectivity index (χ3n) is 5.84. The fourth-order valence-corrected chi connectivity index (χ4v) is 3.91. The van der Waals surface area contributed by atoms with Gasteiger partial charge in [0.25, 0.3) is 0 Å². The van der Waals surface area contributed by atoms with Gasteiger partial charge in [-0.2, -0.15) is 5.10 Å². The van der Waals surface area contributed by atoms with Crippen molar-refractivity contribution in [1.29, 1.82) is 0 Å². The van der Waals surface area contributed by atoms with E-state index in [1.54, 1.807) is 16.9 Å². The Morgan fingerprint density at radius 3 is 2.71 bits per heavy atom. The van der Waals surface area contributed by atoms with Crippen LogP contribution in [-0.4, -0.2) is 51.7 Å². The van der Waals surface area contributed by atoms with Crippen molar-refractivity contribution in [3.05, 3.63) is 72.4 Å². The summed E-state index contributed by atoms with van der Waals surface area (Å²) in [6, 6.07) is 12.4. The molecule has 0 bridgehead atoms. The maximum Gasteiger partial charge on any atom is 0.169 e. The number of ketones is 1. The van der Waals surface area contributed by atoms with Gasteiger partial charge in [-0.1, -0.05) is 12.1 Å². The van der Waals surface area contributed by atoms with E-state index in [0.29, 0.717) is 11.6 Å². The summed E-state index contributed by atoms with van der Waals surface area (Å²) in [5, 5.41) is 9.61. The van der Waals surface area contributed by atoms with E-state index in [1.807, 2.05) is 44.8 Å². The predicted octanol–water partition coefficient (Wildman–Crippen LogP) is 2.86. The fraction of sp³-hybridized carbons (Fsp3) is 0.250. The first-order valence-electron chi connectivity index (χ1n) is 10.4. The average Bonchev–Trinajstić information content (AvgIpc) is 3.19. The Kier molecular flexibility index (Phi) is 4.95. The van der Waals surface area contributed by atoms with Crippen LogP contribution in [0.5, 0.6) is 0 Å². The van der Waals surface area contributed by atoms with Crippen LogP contribution < -0.4 is 10.2 Å². The highest BCUT2D eigenvalue weighted by atomic mass is 16.1. The molecule has 1 saturated heterocycles. The summed E-state index contributed by atoms with van der Waals surface area (Å²) in [7, 11) is 3.87. The number of carbonyl (C=O) groups is 1. The number of anilines is 1. The summed E-state index contributed by atoms with van der Waals surface area (Å²) in [5.74, 6) is 0.898. The molecule has 1 fully saturated rings. The molecule has 0 saturated carbocycles. The quantitative estimate of drug-likeness (QED) is 0.491.